The van der Waals surface area contributed by atoms with E-state index in [0.717, 1.165) is 11.1 Å². The second-order valence-electron chi connectivity index (χ2n) is 3.14. The standard InChI is InChI=1S/C11H10N2O/c1-8-5-10(7-13-11(8)14)9-3-2-4-12-6-9/h2-7H,1H3,(H,13,14). The van der Waals surface area contributed by atoms with Crippen molar-refractivity contribution in [2.75, 3.05) is 0 Å². The summed E-state index contributed by atoms with van der Waals surface area (Å²) < 4.78 is 0. The first-order chi connectivity index (χ1) is 6.77. The van der Waals surface area contributed by atoms with Crippen molar-refractivity contribution in [3.05, 3.63) is 52.7 Å². The van der Waals surface area contributed by atoms with E-state index in [1.54, 1.807) is 25.5 Å². The van der Waals surface area contributed by atoms with Gasteiger partial charge in [-0.25, -0.2) is 0 Å². The molecule has 0 spiro atoms. The van der Waals surface area contributed by atoms with Gasteiger partial charge in [0.15, 0.2) is 0 Å². The molecule has 0 aliphatic rings. The molecule has 1 N–H and O–H groups in total. The summed E-state index contributed by atoms with van der Waals surface area (Å²) in [6.45, 7) is 1.79. The van der Waals surface area contributed by atoms with Crippen LogP contribution < -0.4 is 5.56 Å². The molecule has 2 aromatic heterocycles. The minimum Gasteiger partial charge on any atom is -0.328 e. The topological polar surface area (TPSA) is 45.8 Å². The predicted molar refractivity (Wildman–Crippen MR) is 55.0 cm³/mol. The third-order valence-corrected chi connectivity index (χ3v) is 2.08. The number of rotatable bonds is 1. The summed E-state index contributed by atoms with van der Waals surface area (Å²) in [4.78, 5) is 17.8. The SMILES string of the molecule is Cc1cc(-c2cccnc2)c[nH]c1=O. The molecule has 0 saturated carbocycles. The van der Waals surface area contributed by atoms with Crippen molar-refractivity contribution in [1.29, 1.82) is 0 Å². The second kappa shape index (κ2) is 3.46. The molecule has 0 saturated heterocycles. The zero-order valence-electron chi connectivity index (χ0n) is 7.82. The maximum Gasteiger partial charge on any atom is 0.250 e. The van der Waals surface area contributed by atoms with Crippen LogP contribution in [0, 0.1) is 6.92 Å². The summed E-state index contributed by atoms with van der Waals surface area (Å²) in [6, 6.07) is 5.69. The molecule has 0 bridgehead atoms. The maximum absolute atomic E-state index is 11.1. The molecule has 2 rings (SSSR count). The highest BCUT2D eigenvalue weighted by Crippen LogP contribution is 2.15. The fourth-order valence-electron chi connectivity index (χ4n) is 1.30. The van der Waals surface area contributed by atoms with Crippen molar-refractivity contribution in [2.45, 2.75) is 6.92 Å². The number of nitrogens with zero attached hydrogens (tertiary/aromatic N) is 1. The summed E-state index contributed by atoms with van der Waals surface area (Å²) in [6.07, 6.45) is 5.20. The molecule has 0 fully saturated rings. The van der Waals surface area contributed by atoms with Crippen LogP contribution >= 0.6 is 0 Å². The number of aromatic amines is 1. The van der Waals surface area contributed by atoms with Crippen LogP contribution in [0.1, 0.15) is 5.56 Å². The Hall–Kier alpha value is -1.90. The van der Waals surface area contributed by atoms with Gasteiger partial charge in [-0.2, -0.15) is 0 Å². The molecule has 0 atom stereocenters. The van der Waals surface area contributed by atoms with Crippen molar-refractivity contribution in [1.82, 2.24) is 9.97 Å². The molecule has 14 heavy (non-hydrogen) atoms. The van der Waals surface area contributed by atoms with E-state index in [1.807, 2.05) is 18.2 Å². The second-order valence-corrected chi connectivity index (χ2v) is 3.14. The van der Waals surface area contributed by atoms with Crippen LogP contribution in [-0.4, -0.2) is 9.97 Å². The third kappa shape index (κ3) is 1.57. The average molecular weight is 186 g/mol. The Balaban J connectivity index is 2.54. The Morgan fingerprint density at radius 1 is 1.36 bits per heavy atom. The Kier molecular flexibility index (Phi) is 2.14. The van der Waals surface area contributed by atoms with Gasteiger partial charge >= 0.3 is 0 Å². The number of H-pyrrole nitrogens is 1. The largest absolute Gasteiger partial charge is 0.328 e. The van der Waals surface area contributed by atoms with Crippen LogP contribution in [-0.2, 0) is 0 Å². The summed E-state index contributed by atoms with van der Waals surface area (Å²) in [5.41, 5.74) is 2.66. The molecular formula is C11H10N2O. The van der Waals surface area contributed by atoms with Gasteiger partial charge in [0.1, 0.15) is 0 Å². The molecule has 0 aromatic carbocycles. The molecule has 0 amide bonds. The van der Waals surface area contributed by atoms with Crippen LogP contribution in [0.5, 0.6) is 0 Å². The molecule has 3 heteroatoms. The zero-order valence-corrected chi connectivity index (χ0v) is 7.82. The van der Waals surface area contributed by atoms with E-state index in [-0.39, 0.29) is 5.56 Å². The molecule has 0 unspecified atom stereocenters. The van der Waals surface area contributed by atoms with Gasteiger partial charge in [-0.05, 0) is 24.6 Å². The Labute approximate surface area is 81.5 Å². The van der Waals surface area contributed by atoms with Gasteiger partial charge in [0, 0.05) is 29.7 Å². The molecule has 2 heterocycles. The van der Waals surface area contributed by atoms with Gasteiger partial charge in [-0.1, -0.05) is 6.07 Å². The molecule has 3 nitrogen and oxygen atoms in total. The van der Waals surface area contributed by atoms with E-state index >= 15 is 0 Å². The number of pyridine rings is 2. The predicted octanol–water partition coefficient (Wildman–Crippen LogP) is 1.75. The van der Waals surface area contributed by atoms with E-state index < -0.39 is 0 Å². The van der Waals surface area contributed by atoms with Gasteiger partial charge in [-0.3, -0.25) is 9.78 Å². The number of nitrogens with one attached hydrogen (secondary N) is 1. The summed E-state index contributed by atoms with van der Waals surface area (Å²) in [5, 5.41) is 0. The highest BCUT2D eigenvalue weighted by Gasteiger charge is 1.99. The van der Waals surface area contributed by atoms with E-state index in [1.165, 1.54) is 0 Å². The minimum atomic E-state index is -0.0439. The molecule has 0 radical (unpaired) electrons. The van der Waals surface area contributed by atoms with Gasteiger partial charge < -0.3 is 4.98 Å². The van der Waals surface area contributed by atoms with Crippen LogP contribution in [0.2, 0.25) is 0 Å². The minimum absolute atomic E-state index is 0.0439. The average Bonchev–Trinajstić information content (AvgIpc) is 2.23. The quantitative estimate of drug-likeness (QED) is 0.737. The lowest BCUT2D eigenvalue weighted by Gasteiger charge is -2.00. The van der Waals surface area contributed by atoms with Crippen LogP contribution in [0.25, 0.3) is 11.1 Å². The van der Waals surface area contributed by atoms with Crippen LogP contribution in [0.3, 0.4) is 0 Å². The van der Waals surface area contributed by atoms with E-state index in [2.05, 4.69) is 9.97 Å². The number of hydrogen-bond acceptors (Lipinski definition) is 2. The Bertz CT molecular complexity index is 488. The lowest BCUT2D eigenvalue weighted by molar-refractivity contribution is 1.18. The normalized spacial score (nSPS) is 10.1. The first-order valence-electron chi connectivity index (χ1n) is 4.37. The maximum atomic E-state index is 11.1. The first kappa shape index (κ1) is 8.69. The lowest BCUT2D eigenvalue weighted by atomic mass is 10.1. The molecular weight excluding hydrogens is 176 g/mol. The number of hydrogen-bond donors (Lipinski definition) is 1. The summed E-state index contributed by atoms with van der Waals surface area (Å²) in [7, 11) is 0. The van der Waals surface area contributed by atoms with Crippen LogP contribution in [0.4, 0.5) is 0 Å². The fourth-order valence-corrected chi connectivity index (χ4v) is 1.30. The van der Waals surface area contributed by atoms with Gasteiger partial charge in [-0.15, -0.1) is 0 Å². The highest BCUT2D eigenvalue weighted by molar-refractivity contribution is 5.61. The van der Waals surface area contributed by atoms with Gasteiger partial charge in [0.05, 0.1) is 0 Å². The summed E-state index contributed by atoms with van der Waals surface area (Å²) >= 11 is 0. The summed E-state index contributed by atoms with van der Waals surface area (Å²) in [5.74, 6) is 0. The van der Waals surface area contributed by atoms with E-state index in [0.29, 0.717) is 5.56 Å². The monoisotopic (exact) mass is 186 g/mol. The van der Waals surface area contributed by atoms with Crippen molar-refractivity contribution in [3.63, 3.8) is 0 Å². The zero-order chi connectivity index (χ0) is 9.97. The molecule has 2 aromatic rings. The van der Waals surface area contributed by atoms with Gasteiger partial charge in [0.2, 0.25) is 0 Å². The highest BCUT2D eigenvalue weighted by atomic mass is 16.1. The molecule has 70 valence electrons. The van der Waals surface area contributed by atoms with Crippen molar-refractivity contribution < 1.29 is 0 Å². The van der Waals surface area contributed by atoms with E-state index in [4.69, 9.17) is 0 Å². The van der Waals surface area contributed by atoms with Crippen molar-refractivity contribution in [3.8, 4) is 11.1 Å². The number of aromatic nitrogens is 2. The van der Waals surface area contributed by atoms with Crippen molar-refractivity contribution in [2.24, 2.45) is 0 Å². The first-order valence-corrected chi connectivity index (χ1v) is 4.37. The van der Waals surface area contributed by atoms with E-state index in [9.17, 15) is 4.79 Å². The Morgan fingerprint density at radius 3 is 2.86 bits per heavy atom. The smallest absolute Gasteiger partial charge is 0.250 e. The van der Waals surface area contributed by atoms with Crippen molar-refractivity contribution >= 4 is 0 Å². The fraction of sp³-hybridized carbons (Fsp3) is 0.0909. The third-order valence-electron chi connectivity index (χ3n) is 2.08. The molecule has 0 aliphatic carbocycles. The van der Waals surface area contributed by atoms with Gasteiger partial charge in [0.25, 0.3) is 5.56 Å². The Morgan fingerprint density at radius 2 is 2.21 bits per heavy atom. The number of aryl methyl sites for hydroxylation is 1. The lowest BCUT2D eigenvalue weighted by Crippen LogP contribution is -2.07. The molecule has 0 aliphatic heterocycles. The van der Waals surface area contributed by atoms with Crippen LogP contribution in [0.15, 0.2) is 41.6 Å².